The normalized spacial score (nSPS) is 15.0. The fraction of sp³-hybridized carbons (Fsp3) is 0.385. The maximum absolute atomic E-state index is 12.1. The van der Waals surface area contributed by atoms with Crippen LogP contribution >= 0.6 is 11.6 Å². The molecule has 0 aliphatic carbocycles. The van der Waals surface area contributed by atoms with Crippen LogP contribution in [0, 0.1) is 11.3 Å². The van der Waals surface area contributed by atoms with Gasteiger partial charge < -0.3 is 4.90 Å². The first-order valence-electron chi connectivity index (χ1n) is 6.41. The summed E-state index contributed by atoms with van der Waals surface area (Å²) in [5, 5.41) is 8.82. The number of rotatable bonds is 4. The number of carbonyl (C=O) groups is 1. The SMILES string of the molecule is N#Cc1ccc(S(=O)(=O)NCC(=O)N2CCCC2)cc1Cl. The second kappa shape index (κ2) is 6.43. The Morgan fingerprint density at radius 2 is 2.05 bits per heavy atom. The number of benzene rings is 1. The molecule has 1 aromatic rings. The van der Waals surface area contributed by atoms with Crippen LogP contribution in [0.25, 0.3) is 0 Å². The smallest absolute Gasteiger partial charge is 0.241 e. The van der Waals surface area contributed by atoms with E-state index in [1.54, 1.807) is 4.90 Å². The summed E-state index contributed by atoms with van der Waals surface area (Å²) in [6.07, 6.45) is 1.90. The highest BCUT2D eigenvalue weighted by Crippen LogP contribution is 2.20. The lowest BCUT2D eigenvalue weighted by Gasteiger charge is -2.15. The Kier molecular flexibility index (Phi) is 4.83. The van der Waals surface area contributed by atoms with E-state index in [0.29, 0.717) is 13.1 Å². The van der Waals surface area contributed by atoms with E-state index in [-0.39, 0.29) is 27.9 Å². The molecule has 8 heteroatoms. The van der Waals surface area contributed by atoms with Gasteiger partial charge in [-0.2, -0.15) is 5.26 Å². The molecule has 1 aliphatic heterocycles. The third-order valence-corrected chi connectivity index (χ3v) is 4.96. The Labute approximate surface area is 128 Å². The first-order chi connectivity index (χ1) is 9.94. The molecule has 1 fully saturated rings. The third-order valence-electron chi connectivity index (χ3n) is 3.24. The van der Waals surface area contributed by atoms with Crippen molar-refractivity contribution in [1.82, 2.24) is 9.62 Å². The van der Waals surface area contributed by atoms with Crippen molar-refractivity contribution < 1.29 is 13.2 Å². The van der Waals surface area contributed by atoms with E-state index in [1.165, 1.54) is 18.2 Å². The van der Waals surface area contributed by atoms with Crippen LogP contribution in [0.3, 0.4) is 0 Å². The van der Waals surface area contributed by atoms with Crippen LogP contribution in [-0.2, 0) is 14.8 Å². The lowest BCUT2D eigenvalue weighted by atomic mass is 10.2. The van der Waals surface area contributed by atoms with Gasteiger partial charge in [0.15, 0.2) is 0 Å². The number of sulfonamides is 1. The predicted molar refractivity (Wildman–Crippen MR) is 77.2 cm³/mol. The van der Waals surface area contributed by atoms with Crippen LogP contribution < -0.4 is 4.72 Å². The average Bonchev–Trinajstić information content (AvgIpc) is 2.99. The molecule has 0 unspecified atom stereocenters. The van der Waals surface area contributed by atoms with E-state index in [2.05, 4.69) is 4.72 Å². The van der Waals surface area contributed by atoms with Crippen LogP contribution in [0.2, 0.25) is 5.02 Å². The van der Waals surface area contributed by atoms with Gasteiger partial charge in [0, 0.05) is 13.1 Å². The Bertz CT molecular complexity index is 691. The van der Waals surface area contributed by atoms with Crippen molar-refractivity contribution in [3.63, 3.8) is 0 Å². The molecule has 0 bridgehead atoms. The van der Waals surface area contributed by atoms with Crippen LogP contribution in [-0.4, -0.2) is 38.9 Å². The molecule has 1 amide bonds. The molecule has 2 rings (SSSR count). The molecule has 112 valence electrons. The minimum atomic E-state index is -3.82. The minimum absolute atomic E-state index is 0.0613. The zero-order valence-electron chi connectivity index (χ0n) is 11.2. The Balaban J connectivity index is 2.06. The number of halogens is 1. The highest BCUT2D eigenvalue weighted by atomic mass is 35.5. The highest BCUT2D eigenvalue weighted by molar-refractivity contribution is 7.89. The lowest BCUT2D eigenvalue weighted by Crippen LogP contribution is -2.38. The van der Waals surface area contributed by atoms with Crippen molar-refractivity contribution in [1.29, 1.82) is 5.26 Å². The fourth-order valence-corrected chi connectivity index (χ4v) is 3.36. The van der Waals surface area contributed by atoms with Gasteiger partial charge in [0.2, 0.25) is 15.9 Å². The molecule has 0 spiro atoms. The van der Waals surface area contributed by atoms with Crippen molar-refractivity contribution in [3.05, 3.63) is 28.8 Å². The molecule has 0 radical (unpaired) electrons. The van der Waals surface area contributed by atoms with E-state index in [4.69, 9.17) is 16.9 Å². The molecule has 1 saturated heterocycles. The van der Waals surface area contributed by atoms with Gasteiger partial charge in [-0.15, -0.1) is 0 Å². The Hall–Kier alpha value is -1.62. The van der Waals surface area contributed by atoms with E-state index >= 15 is 0 Å². The topological polar surface area (TPSA) is 90.3 Å². The highest BCUT2D eigenvalue weighted by Gasteiger charge is 2.21. The van der Waals surface area contributed by atoms with Crippen molar-refractivity contribution in [2.75, 3.05) is 19.6 Å². The largest absolute Gasteiger partial charge is 0.342 e. The second-order valence-corrected chi connectivity index (χ2v) is 6.84. The van der Waals surface area contributed by atoms with E-state index < -0.39 is 10.0 Å². The molecule has 1 heterocycles. The standard InChI is InChI=1S/C13H14ClN3O3S/c14-12-7-11(4-3-10(12)8-15)21(19,20)16-9-13(18)17-5-1-2-6-17/h3-4,7,16H,1-2,5-6,9H2. The van der Waals surface area contributed by atoms with Crippen molar-refractivity contribution in [3.8, 4) is 6.07 Å². The number of hydrogen-bond acceptors (Lipinski definition) is 4. The summed E-state index contributed by atoms with van der Waals surface area (Å²) in [5.41, 5.74) is 0.198. The first kappa shape index (κ1) is 15.8. The third kappa shape index (κ3) is 3.73. The van der Waals surface area contributed by atoms with Gasteiger partial charge in [-0.1, -0.05) is 11.6 Å². The zero-order valence-corrected chi connectivity index (χ0v) is 12.7. The lowest BCUT2D eigenvalue weighted by molar-refractivity contribution is -0.128. The number of nitrogens with one attached hydrogen (secondary N) is 1. The summed E-state index contributed by atoms with van der Waals surface area (Å²) in [7, 11) is -3.82. The van der Waals surface area contributed by atoms with Crippen molar-refractivity contribution >= 4 is 27.5 Å². The summed E-state index contributed by atoms with van der Waals surface area (Å²) >= 11 is 5.81. The number of amides is 1. The summed E-state index contributed by atoms with van der Waals surface area (Å²) < 4.78 is 26.4. The number of carbonyl (C=O) groups excluding carboxylic acids is 1. The van der Waals surface area contributed by atoms with Gasteiger partial charge in [0.05, 0.1) is 22.0 Å². The van der Waals surface area contributed by atoms with Crippen LogP contribution in [0.4, 0.5) is 0 Å². The van der Waals surface area contributed by atoms with Crippen LogP contribution in [0.15, 0.2) is 23.1 Å². The minimum Gasteiger partial charge on any atom is -0.342 e. The van der Waals surface area contributed by atoms with Gasteiger partial charge in [0.25, 0.3) is 0 Å². The molecule has 0 saturated carbocycles. The molecule has 0 aromatic heterocycles. The monoisotopic (exact) mass is 327 g/mol. The fourth-order valence-electron chi connectivity index (χ4n) is 2.07. The van der Waals surface area contributed by atoms with Crippen molar-refractivity contribution in [2.45, 2.75) is 17.7 Å². The number of likely N-dealkylation sites (tertiary alicyclic amines) is 1. The van der Waals surface area contributed by atoms with Gasteiger partial charge >= 0.3 is 0 Å². The molecular formula is C13H14ClN3O3S. The molecule has 21 heavy (non-hydrogen) atoms. The summed E-state index contributed by atoms with van der Waals surface area (Å²) in [4.78, 5) is 13.4. The maximum Gasteiger partial charge on any atom is 0.241 e. The van der Waals surface area contributed by atoms with Gasteiger partial charge in [-0.3, -0.25) is 4.79 Å². The van der Waals surface area contributed by atoms with Crippen molar-refractivity contribution in [2.24, 2.45) is 0 Å². The molecule has 1 aromatic carbocycles. The molecule has 6 nitrogen and oxygen atoms in total. The van der Waals surface area contributed by atoms with Gasteiger partial charge in [-0.05, 0) is 31.0 Å². The molecular weight excluding hydrogens is 314 g/mol. The Morgan fingerprint density at radius 1 is 1.38 bits per heavy atom. The van der Waals surface area contributed by atoms with E-state index in [1.807, 2.05) is 6.07 Å². The number of nitriles is 1. The average molecular weight is 328 g/mol. The Morgan fingerprint density at radius 3 is 2.62 bits per heavy atom. The number of nitrogens with zero attached hydrogens (tertiary/aromatic N) is 2. The first-order valence-corrected chi connectivity index (χ1v) is 8.27. The zero-order chi connectivity index (χ0) is 15.5. The van der Waals surface area contributed by atoms with Crippen LogP contribution in [0.5, 0.6) is 0 Å². The quantitative estimate of drug-likeness (QED) is 0.897. The van der Waals surface area contributed by atoms with Gasteiger partial charge in [0.1, 0.15) is 6.07 Å². The molecule has 1 aliphatic rings. The number of hydrogen-bond donors (Lipinski definition) is 1. The summed E-state index contributed by atoms with van der Waals surface area (Å²) in [6, 6.07) is 5.67. The summed E-state index contributed by atoms with van der Waals surface area (Å²) in [5.74, 6) is -0.240. The predicted octanol–water partition coefficient (Wildman–Crippen LogP) is 1.11. The maximum atomic E-state index is 12.1. The molecule has 0 atom stereocenters. The van der Waals surface area contributed by atoms with E-state index in [9.17, 15) is 13.2 Å². The van der Waals surface area contributed by atoms with E-state index in [0.717, 1.165) is 12.8 Å². The molecule has 1 N–H and O–H groups in total. The van der Waals surface area contributed by atoms with Crippen LogP contribution in [0.1, 0.15) is 18.4 Å². The van der Waals surface area contributed by atoms with Gasteiger partial charge in [-0.25, -0.2) is 13.1 Å². The second-order valence-electron chi connectivity index (χ2n) is 4.67. The summed E-state index contributed by atoms with van der Waals surface area (Å²) in [6.45, 7) is 1.06.